The highest BCUT2D eigenvalue weighted by molar-refractivity contribution is 5.90. The van der Waals surface area contributed by atoms with E-state index in [0.717, 1.165) is 62.5 Å². The van der Waals surface area contributed by atoms with Crippen molar-refractivity contribution < 1.29 is 48.3 Å². The van der Waals surface area contributed by atoms with Gasteiger partial charge in [0.1, 0.15) is 16.9 Å². The molecule has 4 heterocycles. The van der Waals surface area contributed by atoms with Crippen molar-refractivity contribution in [1.82, 2.24) is 0 Å². The molecule has 364 valence electrons. The number of methoxy groups -OCH3 is 1. The van der Waals surface area contributed by atoms with Crippen LogP contribution in [-0.2, 0) is 43.2 Å². The molecule has 7 atom stereocenters. The highest BCUT2D eigenvalue weighted by Gasteiger charge is 2.57. The third kappa shape index (κ3) is 9.93. The number of aliphatic hydroxyl groups excluding tert-OH is 3. The molecule has 5 aliphatic rings. The van der Waals surface area contributed by atoms with E-state index >= 15 is 4.79 Å². The minimum Gasteiger partial charge on any atom is -0.483 e. The maximum absolute atomic E-state index is 15.2. The number of ether oxygens (including phenoxy) is 4. The summed E-state index contributed by atoms with van der Waals surface area (Å²) in [6, 6.07) is 31.3. The fourth-order valence-electron chi connectivity index (χ4n) is 12.2. The summed E-state index contributed by atoms with van der Waals surface area (Å²) in [7, 11) is 1.51. The molecule has 5 aromatic rings. The van der Waals surface area contributed by atoms with E-state index < -0.39 is 47.9 Å². The molecule has 0 radical (unpaired) electrons. The van der Waals surface area contributed by atoms with E-state index in [2.05, 4.69) is 72.8 Å². The molecule has 2 aliphatic carbocycles. The van der Waals surface area contributed by atoms with Crippen molar-refractivity contribution in [1.29, 1.82) is 0 Å². The Morgan fingerprint density at radius 3 is 2.33 bits per heavy atom. The molecular formula is C58H66O11. The summed E-state index contributed by atoms with van der Waals surface area (Å²) in [5, 5.41) is 31.8. The number of hydrogen-bond acceptors (Lipinski definition) is 11. The summed E-state index contributed by atoms with van der Waals surface area (Å²) in [4.78, 5) is 44.3. The van der Waals surface area contributed by atoms with Crippen molar-refractivity contribution in [2.75, 3.05) is 26.9 Å². The van der Waals surface area contributed by atoms with Crippen LogP contribution in [0, 0.1) is 11.8 Å². The van der Waals surface area contributed by atoms with Crippen LogP contribution in [0.5, 0.6) is 5.75 Å². The monoisotopic (exact) mass is 938 g/mol. The average Bonchev–Trinajstić information content (AvgIpc) is 3.91. The molecule has 3 aliphatic heterocycles. The number of carbonyl (C=O) groups is 2. The molecule has 0 saturated heterocycles. The van der Waals surface area contributed by atoms with Gasteiger partial charge in [0.15, 0.2) is 12.2 Å². The lowest BCUT2D eigenvalue weighted by atomic mass is 9.68. The zero-order chi connectivity index (χ0) is 48.2. The van der Waals surface area contributed by atoms with Gasteiger partial charge in [0.25, 0.3) is 0 Å². The van der Waals surface area contributed by atoms with Crippen molar-refractivity contribution in [2.24, 2.45) is 11.8 Å². The minimum atomic E-state index is -1.29. The first-order valence-corrected chi connectivity index (χ1v) is 25.0. The molecule has 0 amide bonds. The van der Waals surface area contributed by atoms with Gasteiger partial charge in [-0.3, -0.25) is 4.79 Å². The predicted molar refractivity (Wildman–Crippen MR) is 262 cm³/mol. The van der Waals surface area contributed by atoms with Crippen molar-refractivity contribution in [3.05, 3.63) is 157 Å². The zero-order valence-corrected chi connectivity index (χ0v) is 40.1. The molecule has 10 rings (SSSR count). The van der Waals surface area contributed by atoms with Gasteiger partial charge in [0.2, 0.25) is 0 Å². The van der Waals surface area contributed by atoms with E-state index in [0.29, 0.717) is 40.7 Å². The molecule has 2 bridgehead atoms. The third-order valence-electron chi connectivity index (χ3n) is 15.9. The third-order valence-corrected chi connectivity index (χ3v) is 15.9. The minimum absolute atomic E-state index is 0.0556. The summed E-state index contributed by atoms with van der Waals surface area (Å²) in [6.07, 6.45) is 5.48. The molecule has 2 fully saturated rings. The van der Waals surface area contributed by atoms with Gasteiger partial charge >= 0.3 is 17.6 Å². The number of benzene rings is 4. The van der Waals surface area contributed by atoms with Gasteiger partial charge in [0.05, 0.1) is 25.4 Å². The second kappa shape index (κ2) is 21.2. The Morgan fingerprint density at radius 2 is 1.61 bits per heavy atom. The quantitative estimate of drug-likeness (QED) is 0.0657. The Hall–Kier alpha value is -5.59. The van der Waals surface area contributed by atoms with Crippen molar-refractivity contribution in [3.8, 4) is 5.75 Å². The number of rotatable bonds is 11. The first-order valence-electron chi connectivity index (χ1n) is 25.0. The van der Waals surface area contributed by atoms with E-state index in [1.165, 1.54) is 23.8 Å². The van der Waals surface area contributed by atoms with E-state index in [4.69, 9.17) is 23.4 Å². The van der Waals surface area contributed by atoms with E-state index in [9.17, 15) is 24.9 Å². The summed E-state index contributed by atoms with van der Waals surface area (Å²) in [5.41, 5.74) is 5.60. The molecule has 3 N–H and O–H groups in total. The molecule has 11 nitrogen and oxygen atoms in total. The number of aliphatic hydroxyl groups is 3. The van der Waals surface area contributed by atoms with Crippen LogP contribution >= 0.6 is 0 Å². The lowest BCUT2D eigenvalue weighted by Crippen LogP contribution is -2.58. The van der Waals surface area contributed by atoms with E-state index in [-0.39, 0.29) is 73.0 Å². The standard InChI is InChI=1S/C58H66O11/c1-35(32-60)45-22-18-36-16-19-39(20-17-36)46-23-21-41(40-13-9-12-38(29-40)28-37-10-5-4-6-11-37)30-43(46)31-50(62)66-54-52-49(69-58(2,44-14-7-8-15-44)55(54)68-56(45)63)25-24-47-48(33-61)51(57(64)67-53(47)52)42(26-27-59)34-65-3/h4-6,9-13,16-17,19-20,24-25,29,41-44,46,54-55,59-61H,7-8,14-15,18,21-23,26-28,30-34H2,1-3H3. The first kappa shape index (κ1) is 48.4. The van der Waals surface area contributed by atoms with Gasteiger partial charge in [-0.2, -0.15) is 0 Å². The molecule has 11 heteroatoms. The van der Waals surface area contributed by atoms with Crippen LogP contribution in [0.15, 0.2) is 111 Å². The van der Waals surface area contributed by atoms with Gasteiger partial charge in [-0.05, 0) is 140 Å². The smallest absolute Gasteiger partial charge is 0.340 e. The number of hydrogen-bond donors (Lipinski definition) is 3. The molecule has 69 heavy (non-hydrogen) atoms. The molecule has 1 aromatic heterocycles. The van der Waals surface area contributed by atoms with E-state index in [1.807, 2.05) is 13.0 Å². The molecule has 0 spiro atoms. The molecular weight excluding hydrogens is 873 g/mol. The van der Waals surface area contributed by atoms with Crippen LogP contribution in [0.25, 0.3) is 11.0 Å². The van der Waals surface area contributed by atoms with Crippen LogP contribution in [0.3, 0.4) is 0 Å². The Bertz CT molecular complexity index is 2710. The van der Waals surface area contributed by atoms with Gasteiger partial charge in [-0.25, -0.2) is 9.59 Å². The Kier molecular flexibility index (Phi) is 14.9. The Morgan fingerprint density at radius 1 is 0.841 bits per heavy atom. The topological polar surface area (TPSA) is 162 Å². The molecule has 4 aromatic carbocycles. The van der Waals surface area contributed by atoms with Crippen molar-refractivity contribution >= 4 is 22.9 Å². The molecule has 7 unspecified atom stereocenters. The largest absolute Gasteiger partial charge is 0.483 e. The van der Waals surface area contributed by atoms with Crippen LogP contribution < -0.4 is 10.4 Å². The average molecular weight is 939 g/mol. The maximum Gasteiger partial charge on any atom is 0.340 e. The SMILES string of the molecule is COCC(CCO)c1c(CO)c2ccc3c(c2oc1=O)C1OC(=O)CC2CC(c4cccc(Cc5ccccc5)c4)CCC2c2ccc(cc2)CCC(=C(C)CO)C(=O)OC1C(C)(C1CCCC1)O3. The van der Waals surface area contributed by atoms with Crippen molar-refractivity contribution in [2.45, 2.75) is 133 Å². The summed E-state index contributed by atoms with van der Waals surface area (Å²) in [5.74, 6) is -1.30. The van der Waals surface area contributed by atoms with Crippen LogP contribution in [0.2, 0.25) is 0 Å². The van der Waals surface area contributed by atoms with Crippen LogP contribution in [0.1, 0.15) is 146 Å². The van der Waals surface area contributed by atoms with E-state index in [1.54, 1.807) is 19.1 Å². The van der Waals surface area contributed by atoms with Crippen LogP contribution in [0.4, 0.5) is 0 Å². The summed E-state index contributed by atoms with van der Waals surface area (Å²) >= 11 is 0. The molecule has 2 saturated carbocycles. The number of esters is 2. The highest BCUT2D eigenvalue weighted by Crippen LogP contribution is 2.53. The van der Waals surface area contributed by atoms with Gasteiger partial charge in [-0.15, -0.1) is 0 Å². The van der Waals surface area contributed by atoms with Crippen LogP contribution in [-0.4, -0.2) is 65.9 Å². The predicted octanol–water partition coefficient (Wildman–Crippen LogP) is 9.84. The van der Waals surface area contributed by atoms with Crippen molar-refractivity contribution in [3.63, 3.8) is 0 Å². The number of fused-ring (bicyclic) bond motifs is 11. The summed E-state index contributed by atoms with van der Waals surface area (Å²) < 4.78 is 32.4. The number of aryl methyl sites for hydroxylation is 1. The summed E-state index contributed by atoms with van der Waals surface area (Å²) in [6.45, 7) is 2.64. The second-order valence-corrected chi connectivity index (χ2v) is 20.1. The highest BCUT2D eigenvalue weighted by atomic mass is 16.6. The van der Waals surface area contributed by atoms with Gasteiger partial charge in [-0.1, -0.05) is 91.7 Å². The zero-order valence-electron chi connectivity index (χ0n) is 40.1. The second-order valence-electron chi connectivity index (χ2n) is 20.1. The fourth-order valence-corrected chi connectivity index (χ4v) is 12.2. The maximum atomic E-state index is 15.2. The van der Waals surface area contributed by atoms with Gasteiger partial charge in [0, 0.05) is 48.5 Å². The first-order chi connectivity index (χ1) is 33.5. The number of carbonyl (C=O) groups excluding carboxylic acids is 2. The van der Waals surface area contributed by atoms with Gasteiger partial charge < -0.3 is 38.7 Å². The lowest BCUT2D eigenvalue weighted by molar-refractivity contribution is -0.199. The normalized spacial score (nSPS) is 25.5. The lowest BCUT2D eigenvalue weighted by Gasteiger charge is -2.48. The Balaban J connectivity index is 1.17. The fraction of sp³-hybridized carbons (Fsp3) is 0.466. The Labute approximate surface area is 404 Å².